The average molecular weight is 214 g/mol. The van der Waals surface area contributed by atoms with E-state index in [-0.39, 0.29) is 0 Å². The van der Waals surface area contributed by atoms with Crippen LogP contribution >= 0.6 is 0 Å². The van der Waals surface area contributed by atoms with Crippen LogP contribution < -0.4 is 0 Å². The summed E-state index contributed by atoms with van der Waals surface area (Å²) in [6, 6.07) is 3.04. The SMILES string of the molecule is COC(=O)CC(=O)c1c(F)cccc1F. The molecule has 0 unspecified atom stereocenters. The summed E-state index contributed by atoms with van der Waals surface area (Å²) in [5.74, 6) is -3.73. The predicted molar refractivity (Wildman–Crippen MR) is 47.3 cm³/mol. The third kappa shape index (κ3) is 2.59. The van der Waals surface area contributed by atoms with Crippen LogP contribution in [0.4, 0.5) is 8.78 Å². The van der Waals surface area contributed by atoms with E-state index in [1.807, 2.05) is 0 Å². The Balaban J connectivity index is 2.96. The number of Topliss-reactive ketones (excluding diaryl/α,β-unsaturated/α-hetero) is 1. The smallest absolute Gasteiger partial charge is 0.313 e. The van der Waals surface area contributed by atoms with Crippen molar-refractivity contribution in [1.82, 2.24) is 0 Å². The molecule has 3 nitrogen and oxygen atoms in total. The Morgan fingerprint density at radius 1 is 1.27 bits per heavy atom. The molecule has 0 saturated carbocycles. The van der Waals surface area contributed by atoms with Crippen molar-refractivity contribution in [2.24, 2.45) is 0 Å². The van der Waals surface area contributed by atoms with Crippen molar-refractivity contribution in [2.75, 3.05) is 7.11 Å². The van der Waals surface area contributed by atoms with Crippen molar-refractivity contribution >= 4 is 11.8 Å². The second-order valence-corrected chi connectivity index (χ2v) is 2.77. The van der Waals surface area contributed by atoms with Crippen LogP contribution in [-0.2, 0) is 9.53 Å². The molecule has 1 rings (SSSR count). The lowest BCUT2D eigenvalue weighted by atomic mass is 10.1. The number of carbonyl (C=O) groups excluding carboxylic acids is 2. The zero-order valence-electron chi connectivity index (χ0n) is 7.92. The van der Waals surface area contributed by atoms with E-state index in [1.54, 1.807) is 0 Å². The summed E-state index contributed by atoms with van der Waals surface area (Å²) in [5, 5.41) is 0. The summed E-state index contributed by atoms with van der Waals surface area (Å²) in [6.07, 6.45) is -0.672. The van der Waals surface area contributed by atoms with Gasteiger partial charge in [-0.3, -0.25) is 9.59 Å². The highest BCUT2D eigenvalue weighted by molar-refractivity contribution is 6.06. The molecule has 0 spiro atoms. The molecular weight excluding hydrogens is 206 g/mol. The quantitative estimate of drug-likeness (QED) is 0.437. The number of halogens is 2. The lowest BCUT2D eigenvalue weighted by molar-refractivity contribution is -0.139. The van der Waals surface area contributed by atoms with E-state index in [0.717, 1.165) is 25.3 Å². The van der Waals surface area contributed by atoms with Gasteiger partial charge < -0.3 is 4.74 Å². The van der Waals surface area contributed by atoms with Gasteiger partial charge in [0.25, 0.3) is 0 Å². The molecule has 15 heavy (non-hydrogen) atoms. The van der Waals surface area contributed by atoms with Gasteiger partial charge >= 0.3 is 5.97 Å². The van der Waals surface area contributed by atoms with Crippen molar-refractivity contribution in [2.45, 2.75) is 6.42 Å². The maximum absolute atomic E-state index is 13.0. The molecule has 1 aromatic carbocycles. The van der Waals surface area contributed by atoms with Gasteiger partial charge in [0.2, 0.25) is 0 Å². The highest BCUT2D eigenvalue weighted by Gasteiger charge is 2.19. The van der Waals surface area contributed by atoms with Crippen LogP contribution in [0.15, 0.2) is 18.2 Å². The third-order valence-corrected chi connectivity index (χ3v) is 1.77. The number of carbonyl (C=O) groups is 2. The minimum Gasteiger partial charge on any atom is -0.469 e. The van der Waals surface area contributed by atoms with Gasteiger partial charge in [-0.15, -0.1) is 0 Å². The Morgan fingerprint density at radius 2 is 1.80 bits per heavy atom. The van der Waals surface area contributed by atoms with E-state index in [4.69, 9.17) is 0 Å². The molecule has 0 amide bonds. The number of ketones is 1. The summed E-state index contributed by atoms with van der Waals surface area (Å²) in [4.78, 5) is 22.0. The lowest BCUT2D eigenvalue weighted by Crippen LogP contribution is -2.12. The second kappa shape index (κ2) is 4.63. The average Bonchev–Trinajstić information content (AvgIpc) is 2.17. The number of rotatable bonds is 3. The molecule has 0 aliphatic rings. The number of benzene rings is 1. The third-order valence-electron chi connectivity index (χ3n) is 1.77. The van der Waals surface area contributed by atoms with Gasteiger partial charge in [-0.05, 0) is 12.1 Å². The maximum atomic E-state index is 13.0. The fourth-order valence-electron chi connectivity index (χ4n) is 1.06. The van der Waals surface area contributed by atoms with Crippen LogP contribution in [0.25, 0.3) is 0 Å². The molecule has 1 aromatic rings. The van der Waals surface area contributed by atoms with Crippen molar-refractivity contribution < 1.29 is 23.1 Å². The molecule has 0 saturated heterocycles. The highest BCUT2D eigenvalue weighted by Crippen LogP contribution is 2.14. The van der Waals surface area contributed by atoms with Crippen LogP contribution in [0.5, 0.6) is 0 Å². The number of ether oxygens (including phenoxy) is 1. The molecule has 0 N–H and O–H groups in total. The normalized spacial score (nSPS) is 9.80. The van der Waals surface area contributed by atoms with Crippen LogP contribution in [0, 0.1) is 11.6 Å². The molecule has 80 valence electrons. The molecule has 0 radical (unpaired) electrons. The maximum Gasteiger partial charge on any atom is 0.313 e. The standard InChI is InChI=1S/C10H8F2O3/c1-15-9(14)5-8(13)10-6(11)3-2-4-7(10)12/h2-4H,5H2,1H3. The largest absolute Gasteiger partial charge is 0.469 e. The first kappa shape index (κ1) is 11.3. The van der Waals surface area contributed by atoms with E-state index >= 15 is 0 Å². The molecule has 0 heterocycles. The molecule has 0 atom stereocenters. The van der Waals surface area contributed by atoms with Crippen LogP contribution in [0.1, 0.15) is 16.8 Å². The van der Waals surface area contributed by atoms with Crippen LogP contribution in [0.2, 0.25) is 0 Å². The van der Waals surface area contributed by atoms with Gasteiger partial charge in [-0.25, -0.2) is 8.78 Å². The predicted octanol–water partition coefficient (Wildman–Crippen LogP) is 1.71. The summed E-state index contributed by atoms with van der Waals surface area (Å²) in [5.41, 5.74) is -0.706. The van der Waals surface area contributed by atoms with Gasteiger partial charge in [0.05, 0.1) is 12.7 Å². The van der Waals surface area contributed by atoms with Crippen molar-refractivity contribution in [1.29, 1.82) is 0 Å². The van der Waals surface area contributed by atoms with Crippen molar-refractivity contribution in [3.8, 4) is 0 Å². The van der Waals surface area contributed by atoms with Gasteiger partial charge in [-0.2, -0.15) is 0 Å². The summed E-state index contributed by atoms with van der Waals surface area (Å²) in [6.45, 7) is 0. The molecule has 0 aliphatic heterocycles. The fourth-order valence-corrected chi connectivity index (χ4v) is 1.06. The Morgan fingerprint density at radius 3 is 2.27 bits per heavy atom. The van der Waals surface area contributed by atoms with E-state index in [1.165, 1.54) is 0 Å². The Hall–Kier alpha value is -1.78. The Kier molecular flexibility index (Phi) is 3.49. The molecular formula is C10H8F2O3. The van der Waals surface area contributed by atoms with Crippen LogP contribution in [0.3, 0.4) is 0 Å². The van der Waals surface area contributed by atoms with Crippen LogP contribution in [-0.4, -0.2) is 18.9 Å². The number of hydrogen-bond acceptors (Lipinski definition) is 3. The summed E-state index contributed by atoms with van der Waals surface area (Å²) < 4.78 is 30.3. The summed E-state index contributed by atoms with van der Waals surface area (Å²) in [7, 11) is 1.09. The molecule has 0 aliphatic carbocycles. The fraction of sp³-hybridized carbons (Fsp3) is 0.200. The summed E-state index contributed by atoms with van der Waals surface area (Å²) >= 11 is 0. The first-order chi connectivity index (χ1) is 7.06. The molecule has 0 fully saturated rings. The molecule has 0 bridgehead atoms. The minimum absolute atomic E-state index is 0.672. The number of hydrogen-bond donors (Lipinski definition) is 0. The number of esters is 1. The van der Waals surface area contributed by atoms with Crippen molar-refractivity contribution in [3.05, 3.63) is 35.4 Å². The van der Waals surface area contributed by atoms with Gasteiger partial charge in [0.15, 0.2) is 5.78 Å². The Labute approximate surface area is 84.7 Å². The zero-order chi connectivity index (χ0) is 11.4. The van der Waals surface area contributed by atoms with Crippen molar-refractivity contribution in [3.63, 3.8) is 0 Å². The van der Waals surface area contributed by atoms with Gasteiger partial charge in [-0.1, -0.05) is 6.07 Å². The first-order valence-electron chi connectivity index (χ1n) is 4.10. The number of methoxy groups -OCH3 is 1. The zero-order valence-corrected chi connectivity index (χ0v) is 7.92. The highest BCUT2D eigenvalue weighted by atomic mass is 19.1. The van der Waals surface area contributed by atoms with E-state index in [9.17, 15) is 18.4 Å². The second-order valence-electron chi connectivity index (χ2n) is 2.77. The molecule has 5 heteroatoms. The monoisotopic (exact) mass is 214 g/mol. The minimum atomic E-state index is -0.982. The topological polar surface area (TPSA) is 43.4 Å². The van der Waals surface area contributed by atoms with E-state index in [2.05, 4.69) is 4.74 Å². The van der Waals surface area contributed by atoms with Gasteiger partial charge in [0, 0.05) is 0 Å². The van der Waals surface area contributed by atoms with Gasteiger partial charge in [0.1, 0.15) is 18.1 Å². The lowest BCUT2D eigenvalue weighted by Gasteiger charge is -2.02. The first-order valence-corrected chi connectivity index (χ1v) is 4.10. The Bertz CT molecular complexity index is 381. The van der Waals surface area contributed by atoms with E-state index < -0.39 is 35.4 Å². The van der Waals surface area contributed by atoms with E-state index in [0.29, 0.717) is 0 Å². The molecule has 0 aromatic heterocycles.